The molecule has 160 valence electrons. The van der Waals surface area contributed by atoms with Crippen LogP contribution in [-0.2, 0) is 19.1 Å². The van der Waals surface area contributed by atoms with Crippen molar-refractivity contribution >= 4 is 17.4 Å². The maximum Gasteiger partial charge on any atom is 0.336 e. The number of hydrogen-bond acceptors (Lipinski definition) is 7. The highest BCUT2D eigenvalue weighted by Crippen LogP contribution is 2.46. The van der Waals surface area contributed by atoms with E-state index in [-0.39, 0.29) is 30.1 Å². The van der Waals surface area contributed by atoms with Crippen LogP contribution in [0, 0.1) is 15.5 Å². The van der Waals surface area contributed by atoms with Crippen molar-refractivity contribution in [3.63, 3.8) is 0 Å². The predicted molar refractivity (Wildman–Crippen MR) is 110 cm³/mol. The lowest BCUT2D eigenvalue weighted by Gasteiger charge is -2.39. The molecule has 0 radical (unpaired) electrons. The topological polar surface area (TPSA) is 108 Å². The number of ether oxygens (including phenoxy) is 2. The fourth-order valence-electron chi connectivity index (χ4n) is 4.12. The van der Waals surface area contributed by atoms with E-state index in [9.17, 15) is 19.7 Å². The summed E-state index contributed by atoms with van der Waals surface area (Å²) >= 11 is 0. The van der Waals surface area contributed by atoms with Crippen LogP contribution in [0.1, 0.15) is 45.1 Å². The Bertz CT molecular complexity index is 943. The Balaban J connectivity index is 2.08. The lowest BCUT2D eigenvalue weighted by molar-refractivity contribution is -0.384. The summed E-state index contributed by atoms with van der Waals surface area (Å²) in [6.07, 6.45) is 1.03. The monoisotopic (exact) mass is 414 g/mol. The number of ketones is 1. The van der Waals surface area contributed by atoms with Gasteiger partial charge in [0.1, 0.15) is 6.61 Å². The third-order valence-corrected chi connectivity index (χ3v) is 5.42. The third kappa shape index (κ3) is 4.28. The van der Waals surface area contributed by atoms with Crippen LogP contribution in [0.5, 0.6) is 0 Å². The highest BCUT2D eigenvalue weighted by Gasteiger charge is 2.43. The average molecular weight is 414 g/mol. The number of hydrogen-bond donors (Lipinski definition) is 1. The van der Waals surface area contributed by atoms with E-state index in [1.165, 1.54) is 19.2 Å². The van der Waals surface area contributed by atoms with Crippen molar-refractivity contribution in [3.05, 3.63) is 62.5 Å². The molecule has 1 aromatic rings. The number of methoxy groups -OCH3 is 1. The number of nitro benzene ring substituents is 1. The Labute approximate surface area is 175 Å². The molecule has 0 aromatic heterocycles. The number of carbonyl (C=O) groups excluding carboxylic acids is 2. The second-order valence-electron chi connectivity index (χ2n) is 8.41. The molecule has 0 saturated carbocycles. The van der Waals surface area contributed by atoms with Crippen LogP contribution < -0.4 is 5.32 Å². The summed E-state index contributed by atoms with van der Waals surface area (Å²) in [5.74, 6) is -1.21. The van der Waals surface area contributed by atoms with Gasteiger partial charge in [-0.2, -0.15) is 0 Å². The first-order chi connectivity index (χ1) is 14.1. The number of dihydropyridines is 1. The molecule has 0 unspecified atom stereocenters. The molecule has 8 heteroatoms. The normalized spacial score (nSPS) is 20.5. The number of carbonyl (C=O) groups is 2. The number of nitrogens with one attached hydrogen (secondary N) is 1. The van der Waals surface area contributed by atoms with Crippen molar-refractivity contribution in [2.24, 2.45) is 5.41 Å². The minimum Gasteiger partial charge on any atom is -0.460 e. The van der Waals surface area contributed by atoms with Gasteiger partial charge in [0.15, 0.2) is 5.78 Å². The molecular formula is C22H26N2O6. The van der Waals surface area contributed by atoms with Crippen LogP contribution >= 0.6 is 0 Å². The van der Waals surface area contributed by atoms with Gasteiger partial charge in [0, 0.05) is 48.5 Å². The van der Waals surface area contributed by atoms with E-state index >= 15 is 0 Å². The molecule has 0 saturated heterocycles. The number of rotatable bonds is 6. The number of Topliss-reactive ketones (excluding diaryl/α,β-unsaturated/α-hetero) is 1. The average Bonchev–Trinajstić information content (AvgIpc) is 2.66. The van der Waals surface area contributed by atoms with Gasteiger partial charge in [0.05, 0.1) is 17.1 Å². The molecule has 0 amide bonds. The molecule has 3 rings (SSSR count). The first-order valence-electron chi connectivity index (χ1n) is 9.79. The van der Waals surface area contributed by atoms with Gasteiger partial charge in [-0.25, -0.2) is 4.79 Å². The van der Waals surface area contributed by atoms with Crippen molar-refractivity contribution in [3.8, 4) is 0 Å². The van der Waals surface area contributed by atoms with Crippen LogP contribution in [0.3, 0.4) is 0 Å². The van der Waals surface area contributed by atoms with Crippen molar-refractivity contribution in [2.75, 3.05) is 20.3 Å². The zero-order valence-corrected chi connectivity index (χ0v) is 17.6. The standard InChI is InChI=1S/C22H26N2O6/c1-13-18(21(26)30-10-9-29-4)19(14-5-7-15(8-6-14)24(27)28)20-16(23-13)11-22(2,3)12-17(20)25/h5-8,19,23H,9-12H2,1-4H3/t19-/m0/s1. The Morgan fingerprint density at radius 3 is 2.50 bits per heavy atom. The van der Waals surface area contributed by atoms with Crippen LogP contribution in [0.2, 0.25) is 0 Å². The second-order valence-corrected chi connectivity index (χ2v) is 8.41. The summed E-state index contributed by atoms with van der Waals surface area (Å²) in [4.78, 5) is 36.6. The maximum absolute atomic E-state index is 13.1. The molecule has 0 bridgehead atoms. The number of benzene rings is 1. The first-order valence-corrected chi connectivity index (χ1v) is 9.79. The third-order valence-electron chi connectivity index (χ3n) is 5.42. The molecule has 8 nitrogen and oxygen atoms in total. The molecule has 2 aliphatic rings. The predicted octanol–water partition coefficient (Wildman–Crippen LogP) is 3.39. The van der Waals surface area contributed by atoms with Gasteiger partial charge in [-0.3, -0.25) is 14.9 Å². The molecule has 0 fully saturated rings. The van der Waals surface area contributed by atoms with Gasteiger partial charge in [0.2, 0.25) is 0 Å². The Hall–Kier alpha value is -3.00. The minimum absolute atomic E-state index is 0.0354. The number of nitrogens with zero attached hydrogens (tertiary/aromatic N) is 1. The van der Waals surface area contributed by atoms with E-state index in [0.717, 1.165) is 5.70 Å². The van der Waals surface area contributed by atoms with E-state index in [1.54, 1.807) is 19.1 Å². The summed E-state index contributed by atoms with van der Waals surface area (Å²) in [5, 5.41) is 14.3. The molecule has 30 heavy (non-hydrogen) atoms. The number of non-ortho nitro benzene ring substituents is 1. The maximum atomic E-state index is 13.1. The van der Waals surface area contributed by atoms with Gasteiger partial charge in [0.25, 0.3) is 5.69 Å². The Kier molecular flexibility index (Phi) is 6.07. The van der Waals surface area contributed by atoms with E-state index in [1.807, 2.05) is 13.8 Å². The van der Waals surface area contributed by atoms with Gasteiger partial charge >= 0.3 is 5.97 Å². The van der Waals surface area contributed by atoms with Crippen molar-refractivity contribution < 1.29 is 24.0 Å². The molecule has 1 aliphatic heterocycles. The summed E-state index contributed by atoms with van der Waals surface area (Å²) in [6, 6.07) is 5.97. The first kappa shape index (κ1) is 21.7. The number of allylic oxidation sites excluding steroid dienone is 3. The molecule has 0 spiro atoms. The largest absolute Gasteiger partial charge is 0.460 e. The number of nitro groups is 1. The molecule has 1 heterocycles. The molecule has 1 aliphatic carbocycles. The van der Waals surface area contributed by atoms with Gasteiger partial charge in [-0.05, 0) is 24.3 Å². The zero-order valence-electron chi connectivity index (χ0n) is 17.6. The van der Waals surface area contributed by atoms with Gasteiger partial charge in [-0.15, -0.1) is 0 Å². The fraction of sp³-hybridized carbons (Fsp3) is 0.455. The highest BCUT2D eigenvalue weighted by molar-refractivity contribution is 6.04. The molecular weight excluding hydrogens is 388 g/mol. The Morgan fingerprint density at radius 1 is 1.23 bits per heavy atom. The minimum atomic E-state index is -0.638. The van der Waals surface area contributed by atoms with Crippen LogP contribution in [-0.4, -0.2) is 37.0 Å². The van der Waals surface area contributed by atoms with E-state index in [4.69, 9.17) is 9.47 Å². The second kappa shape index (κ2) is 8.39. The molecule has 1 atom stereocenters. The van der Waals surface area contributed by atoms with Gasteiger partial charge < -0.3 is 14.8 Å². The summed E-state index contributed by atoms with van der Waals surface area (Å²) in [6.45, 7) is 6.19. The summed E-state index contributed by atoms with van der Waals surface area (Å²) < 4.78 is 10.3. The van der Waals surface area contributed by atoms with Crippen molar-refractivity contribution in [2.45, 2.75) is 39.5 Å². The lowest BCUT2D eigenvalue weighted by Crippen LogP contribution is -2.38. The Morgan fingerprint density at radius 2 is 1.90 bits per heavy atom. The highest BCUT2D eigenvalue weighted by atomic mass is 16.6. The van der Waals surface area contributed by atoms with E-state index in [0.29, 0.717) is 35.2 Å². The van der Waals surface area contributed by atoms with E-state index < -0.39 is 16.8 Å². The van der Waals surface area contributed by atoms with Crippen LogP contribution in [0.25, 0.3) is 0 Å². The SMILES string of the molecule is COCCOC(=O)C1=C(C)NC2=C(C(=O)CC(C)(C)C2)[C@H]1c1ccc([N+](=O)[O-])cc1. The van der Waals surface area contributed by atoms with Gasteiger partial charge in [-0.1, -0.05) is 26.0 Å². The van der Waals surface area contributed by atoms with Crippen LogP contribution in [0.4, 0.5) is 5.69 Å². The number of esters is 1. The molecule has 1 aromatic carbocycles. The lowest BCUT2D eigenvalue weighted by atomic mass is 9.68. The fourth-order valence-corrected chi connectivity index (χ4v) is 4.12. The summed E-state index contributed by atoms with van der Waals surface area (Å²) in [5.41, 5.74) is 2.68. The summed E-state index contributed by atoms with van der Waals surface area (Å²) in [7, 11) is 1.51. The smallest absolute Gasteiger partial charge is 0.336 e. The zero-order chi connectivity index (χ0) is 22.1. The van der Waals surface area contributed by atoms with Crippen LogP contribution in [0.15, 0.2) is 46.8 Å². The quantitative estimate of drug-likeness (QED) is 0.329. The molecule has 1 N–H and O–H groups in total. The van der Waals surface area contributed by atoms with E-state index in [2.05, 4.69) is 5.32 Å². The van der Waals surface area contributed by atoms with Crippen molar-refractivity contribution in [1.82, 2.24) is 5.32 Å². The van der Waals surface area contributed by atoms with Crippen molar-refractivity contribution in [1.29, 1.82) is 0 Å².